The van der Waals surface area contributed by atoms with E-state index in [2.05, 4.69) is 10.9 Å². The smallest absolute Gasteiger partial charge is 0.219 e. The maximum Gasteiger partial charge on any atom is 0.219 e. The molecule has 1 aromatic carbocycles. The third-order valence-electron chi connectivity index (χ3n) is 2.32. The zero-order chi connectivity index (χ0) is 11.9. The molecular formula is C15H13NO. The lowest BCUT2D eigenvalue weighted by Crippen LogP contribution is -1.89. The molecule has 0 N–H and O–H groups in total. The van der Waals surface area contributed by atoms with Crippen LogP contribution in [0.3, 0.4) is 0 Å². The average molecular weight is 223 g/mol. The van der Waals surface area contributed by atoms with Crippen molar-refractivity contribution in [2.75, 3.05) is 0 Å². The molecule has 0 unspecified atom stereocenters. The third-order valence-corrected chi connectivity index (χ3v) is 2.32. The highest BCUT2D eigenvalue weighted by molar-refractivity contribution is 5.31. The van der Waals surface area contributed by atoms with Crippen molar-refractivity contribution in [1.82, 2.24) is 4.98 Å². The molecule has 1 aromatic heterocycles. The molecule has 0 aliphatic rings. The summed E-state index contributed by atoms with van der Waals surface area (Å²) in [6.45, 7) is 0. The molecule has 84 valence electrons. The highest BCUT2D eigenvalue weighted by Gasteiger charge is 1.99. The van der Waals surface area contributed by atoms with Gasteiger partial charge in [0, 0.05) is 18.7 Å². The van der Waals surface area contributed by atoms with E-state index < -0.39 is 0 Å². The quantitative estimate of drug-likeness (QED) is 0.741. The van der Waals surface area contributed by atoms with Gasteiger partial charge in [-0.05, 0) is 30.2 Å². The monoisotopic (exact) mass is 223 g/mol. The van der Waals surface area contributed by atoms with Crippen LogP contribution in [-0.2, 0) is 6.42 Å². The van der Waals surface area contributed by atoms with Crippen LogP contribution in [0.25, 0.3) is 0 Å². The molecule has 2 rings (SSSR count). The van der Waals surface area contributed by atoms with E-state index in [1.165, 1.54) is 5.56 Å². The van der Waals surface area contributed by atoms with Crippen molar-refractivity contribution in [2.45, 2.75) is 12.8 Å². The molecule has 0 atom stereocenters. The van der Waals surface area contributed by atoms with Gasteiger partial charge >= 0.3 is 0 Å². The van der Waals surface area contributed by atoms with Gasteiger partial charge in [-0.3, -0.25) is 0 Å². The van der Waals surface area contributed by atoms with Crippen molar-refractivity contribution < 1.29 is 4.74 Å². The molecule has 2 nitrogen and oxygen atoms in total. The first-order valence-electron chi connectivity index (χ1n) is 5.50. The number of aryl methyl sites for hydroxylation is 1. The molecule has 17 heavy (non-hydrogen) atoms. The minimum absolute atomic E-state index is 0.599. The Labute approximate surface area is 101 Å². The Bertz CT molecular complexity index is 514. The van der Waals surface area contributed by atoms with Crippen molar-refractivity contribution in [3.05, 3.63) is 54.2 Å². The van der Waals surface area contributed by atoms with Crippen LogP contribution in [0, 0.1) is 12.3 Å². The predicted molar refractivity (Wildman–Crippen MR) is 67.9 cm³/mol. The number of rotatable bonds is 4. The highest BCUT2D eigenvalue weighted by atomic mass is 16.5. The molecule has 0 amide bonds. The topological polar surface area (TPSA) is 22.1 Å². The summed E-state index contributed by atoms with van der Waals surface area (Å²) in [5.41, 5.74) is 1.18. The van der Waals surface area contributed by atoms with Gasteiger partial charge in [-0.15, -0.1) is 12.3 Å². The van der Waals surface area contributed by atoms with Gasteiger partial charge in [-0.25, -0.2) is 4.98 Å². The van der Waals surface area contributed by atoms with Crippen LogP contribution in [0.1, 0.15) is 12.0 Å². The second kappa shape index (κ2) is 5.72. The van der Waals surface area contributed by atoms with Gasteiger partial charge in [-0.1, -0.05) is 18.2 Å². The Kier molecular flexibility index (Phi) is 3.77. The molecule has 0 saturated heterocycles. The fourth-order valence-corrected chi connectivity index (χ4v) is 1.51. The SMILES string of the molecule is C#CCCc1cccc(Oc2ccccn2)c1. The Morgan fingerprint density at radius 3 is 2.88 bits per heavy atom. The minimum atomic E-state index is 0.599. The van der Waals surface area contributed by atoms with E-state index in [1.54, 1.807) is 6.20 Å². The molecule has 0 fully saturated rings. The number of benzene rings is 1. The van der Waals surface area contributed by atoms with E-state index >= 15 is 0 Å². The number of hydrogen-bond donors (Lipinski definition) is 0. The molecule has 0 spiro atoms. The Balaban J connectivity index is 2.09. The van der Waals surface area contributed by atoms with Crippen molar-refractivity contribution in [3.8, 4) is 24.0 Å². The van der Waals surface area contributed by atoms with Gasteiger partial charge in [0.1, 0.15) is 5.75 Å². The van der Waals surface area contributed by atoms with Crippen LogP contribution in [0.4, 0.5) is 0 Å². The van der Waals surface area contributed by atoms with Gasteiger partial charge in [0.05, 0.1) is 0 Å². The molecular weight excluding hydrogens is 210 g/mol. The molecule has 2 heteroatoms. The van der Waals surface area contributed by atoms with Crippen LogP contribution in [0.5, 0.6) is 11.6 Å². The van der Waals surface area contributed by atoms with E-state index in [1.807, 2.05) is 42.5 Å². The number of nitrogens with zero attached hydrogens (tertiary/aromatic N) is 1. The molecule has 1 heterocycles. The summed E-state index contributed by atoms with van der Waals surface area (Å²) in [6, 6.07) is 13.5. The molecule has 0 bridgehead atoms. The standard InChI is InChI=1S/C15H13NO/c1-2-3-7-13-8-6-9-14(12-13)17-15-10-4-5-11-16-15/h1,4-6,8-12H,3,7H2. The average Bonchev–Trinajstić information content (AvgIpc) is 2.38. The van der Waals surface area contributed by atoms with Crippen molar-refractivity contribution >= 4 is 0 Å². The van der Waals surface area contributed by atoms with Gasteiger partial charge in [0.25, 0.3) is 0 Å². The van der Waals surface area contributed by atoms with Gasteiger partial charge in [-0.2, -0.15) is 0 Å². The second-order valence-corrected chi connectivity index (χ2v) is 3.62. The van der Waals surface area contributed by atoms with E-state index in [-0.39, 0.29) is 0 Å². The van der Waals surface area contributed by atoms with Crippen molar-refractivity contribution in [1.29, 1.82) is 0 Å². The zero-order valence-corrected chi connectivity index (χ0v) is 9.47. The normalized spacial score (nSPS) is 9.59. The van der Waals surface area contributed by atoms with E-state index in [0.29, 0.717) is 5.88 Å². The maximum absolute atomic E-state index is 5.64. The lowest BCUT2D eigenvalue weighted by Gasteiger charge is -2.05. The summed E-state index contributed by atoms with van der Waals surface area (Å²) >= 11 is 0. The first-order valence-corrected chi connectivity index (χ1v) is 5.50. The summed E-state index contributed by atoms with van der Waals surface area (Å²) in [7, 11) is 0. The summed E-state index contributed by atoms with van der Waals surface area (Å²) in [6.07, 6.45) is 8.57. The summed E-state index contributed by atoms with van der Waals surface area (Å²) in [4.78, 5) is 4.11. The van der Waals surface area contributed by atoms with E-state index in [9.17, 15) is 0 Å². The fraction of sp³-hybridized carbons (Fsp3) is 0.133. The van der Waals surface area contributed by atoms with Crippen LogP contribution in [0.2, 0.25) is 0 Å². The predicted octanol–water partition coefficient (Wildman–Crippen LogP) is 3.44. The van der Waals surface area contributed by atoms with Crippen molar-refractivity contribution in [3.63, 3.8) is 0 Å². The number of terminal acetylenes is 1. The third kappa shape index (κ3) is 3.35. The Morgan fingerprint density at radius 2 is 2.12 bits per heavy atom. The lowest BCUT2D eigenvalue weighted by atomic mass is 10.1. The minimum Gasteiger partial charge on any atom is -0.439 e. The summed E-state index contributed by atoms with van der Waals surface area (Å²) < 4.78 is 5.64. The van der Waals surface area contributed by atoms with Crippen LogP contribution in [-0.4, -0.2) is 4.98 Å². The van der Waals surface area contributed by atoms with Crippen LogP contribution >= 0.6 is 0 Å². The largest absolute Gasteiger partial charge is 0.439 e. The van der Waals surface area contributed by atoms with E-state index in [0.717, 1.165) is 18.6 Å². The van der Waals surface area contributed by atoms with Gasteiger partial charge in [0.2, 0.25) is 5.88 Å². The lowest BCUT2D eigenvalue weighted by molar-refractivity contribution is 0.462. The number of aromatic nitrogens is 1. The second-order valence-electron chi connectivity index (χ2n) is 3.62. The van der Waals surface area contributed by atoms with Gasteiger partial charge in [0.15, 0.2) is 0 Å². The first-order chi connectivity index (χ1) is 8.38. The zero-order valence-electron chi connectivity index (χ0n) is 9.47. The molecule has 2 aromatic rings. The summed E-state index contributed by atoms with van der Waals surface area (Å²) in [5.74, 6) is 4.02. The number of hydrogen-bond acceptors (Lipinski definition) is 2. The highest BCUT2D eigenvalue weighted by Crippen LogP contribution is 2.20. The summed E-state index contributed by atoms with van der Waals surface area (Å²) in [5, 5.41) is 0. The van der Waals surface area contributed by atoms with Crippen LogP contribution < -0.4 is 4.74 Å². The fourth-order valence-electron chi connectivity index (χ4n) is 1.51. The molecule has 0 aliphatic carbocycles. The Hall–Kier alpha value is -2.27. The molecule has 0 saturated carbocycles. The van der Waals surface area contributed by atoms with Crippen molar-refractivity contribution in [2.24, 2.45) is 0 Å². The number of ether oxygens (including phenoxy) is 1. The first kappa shape index (κ1) is 11.2. The Morgan fingerprint density at radius 1 is 1.18 bits per heavy atom. The van der Waals surface area contributed by atoms with Gasteiger partial charge < -0.3 is 4.74 Å². The number of pyridine rings is 1. The molecule has 0 aliphatic heterocycles. The molecule has 0 radical (unpaired) electrons. The van der Waals surface area contributed by atoms with Crippen LogP contribution in [0.15, 0.2) is 48.7 Å². The maximum atomic E-state index is 5.64. The van der Waals surface area contributed by atoms with E-state index in [4.69, 9.17) is 11.2 Å².